The Labute approximate surface area is 120 Å². The van der Waals surface area contributed by atoms with Crippen LogP contribution in [0.15, 0.2) is 90.8 Å². The summed E-state index contributed by atoms with van der Waals surface area (Å²) in [5, 5.41) is 0. The van der Waals surface area contributed by atoms with Crippen LogP contribution in [-0.2, 0) is 0 Å². The van der Waals surface area contributed by atoms with Crippen molar-refractivity contribution >= 4 is 29.9 Å². The van der Waals surface area contributed by atoms with Crippen molar-refractivity contribution in [3.8, 4) is 0 Å². The topological polar surface area (TPSA) is 0 Å². The average molecular weight is 362 g/mol. The second kappa shape index (κ2) is 5.73. The van der Waals surface area contributed by atoms with E-state index in [-0.39, 0.29) is 0 Å². The van der Waals surface area contributed by atoms with Crippen molar-refractivity contribution in [2.24, 2.45) is 0 Å². The van der Waals surface area contributed by atoms with E-state index in [0.29, 0.717) is 29.9 Å². The molecule has 0 aromatic heterocycles. The molecule has 18 heavy (non-hydrogen) atoms. The first kappa shape index (κ1) is 12.0. The Kier molecular flexibility index (Phi) is 3.83. The molecule has 0 saturated heterocycles. The normalized spacial score (nSPS) is 26.7. The van der Waals surface area contributed by atoms with Gasteiger partial charge in [0.25, 0.3) is 0 Å². The summed E-state index contributed by atoms with van der Waals surface area (Å²) in [6, 6.07) is 0. The van der Waals surface area contributed by atoms with E-state index in [1.54, 1.807) is 12.3 Å². The molecule has 0 spiro atoms. The maximum atomic E-state index is 2.28. The molecule has 1 aliphatic heterocycles. The molecule has 2 heteroatoms. The van der Waals surface area contributed by atoms with E-state index in [2.05, 4.69) is 72.9 Å². The number of hydrogen-bond donors (Lipinski definition) is 0. The quantitative estimate of drug-likeness (QED) is 0.581. The predicted molar refractivity (Wildman–Crippen MR) is 80.4 cm³/mol. The van der Waals surface area contributed by atoms with Crippen molar-refractivity contribution in [3.63, 3.8) is 0 Å². The third-order valence-corrected chi connectivity index (χ3v) is 9.25. The Morgan fingerprint density at radius 2 is 0.944 bits per heavy atom. The fourth-order valence-electron chi connectivity index (χ4n) is 1.72. The van der Waals surface area contributed by atoms with Crippen LogP contribution >= 0.6 is 0 Å². The van der Waals surface area contributed by atoms with Crippen LogP contribution < -0.4 is 0 Å². The molecular weight excluding hydrogens is 350 g/mol. The zero-order valence-electron chi connectivity index (χ0n) is 9.74. The van der Waals surface area contributed by atoms with E-state index in [9.17, 15) is 0 Å². The van der Waals surface area contributed by atoms with Crippen molar-refractivity contribution < 1.29 is 0 Å². The van der Waals surface area contributed by atoms with E-state index >= 15 is 0 Å². The van der Waals surface area contributed by atoms with E-state index < -0.39 is 0 Å². The summed E-state index contributed by atoms with van der Waals surface area (Å²) in [6.45, 7) is 0. The standard InChI is InChI=1S/C16H12Se2/c1-2-6-10-13(9-5-1)16-17-14-11-7-3-4-8-12-15(14)18-16/h1-12H/b4-3-,7-3?,8-4?,11-7-,12-8-,14-11?,15-12?. The van der Waals surface area contributed by atoms with Crippen LogP contribution in [-0.4, -0.2) is 29.9 Å². The molecule has 2 aliphatic carbocycles. The van der Waals surface area contributed by atoms with Gasteiger partial charge >= 0.3 is 121 Å². The molecule has 0 unspecified atom stereocenters. The SMILES string of the molecule is C1=CC=CC(=C2[Se]C3=C(\C=C/C=C\C=C/3)[Se]2)C=C1. The van der Waals surface area contributed by atoms with Crippen LogP contribution in [0.1, 0.15) is 0 Å². The van der Waals surface area contributed by atoms with Crippen LogP contribution in [0.25, 0.3) is 0 Å². The Balaban J connectivity index is 1.92. The first-order chi connectivity index (χ1) is 8.93. The van der Waals surface area contributed by atoms with Gasteiger partial charge in [-0.05, 0) is 0 Å². The molecule has 3 rings (SSSR count). The number of allylic oxidation sites excluding steroid dienone is 15. The monoisotopic (exact) mass is 364 g/mol. The van der Waals surface area contributed by atoms with E-state index in [0.717, 1.165) is 0 Å². The van der Waals surface area contributed by atoms with Crippen LogP contribution in [0.2, 0.25) is 0 Å². The third-order valence-electron chi connectivity index (χ3n) is 2.60. The van der Waals surface area contributed by atoms with Gasteiger partial charge in [-0.25, -0.2) is 0 Å². The molecular formula is C16H12Se2. The van der Waals surface area contributed by atoms with Crippen LogP contribution in [0.4, 0.5) is 0 Å². The maximum absolute atomic E-state index is 2.28. The molecule has 3 aliphatic rings. The van der Waals surface area contributed by atoms with Crippen LogP contribution in [0.5, 0.6) is 0 Å². The molecule has 0 amide bonds. The Morgan fingerprint density at radius 1 is 0.500 bits per heavy atom. The van der Waals surface area contributed by atoms with Gasteiger partial charge in [-0.2, -0.15) is 0 Å². The Morgan fingerprint density at radius 3 is 1.44 bits per heavy atom. The summed E-state index contributed by atoms with van der Waals surface area (Å²) in [6.07, 6.45) is 26.0. The molecule has 0 saturated carbocycles. The molecule has 0 aromatic rings. The van der Waals surface area contributed by atoms with E-state index in [1.807, 2.05) is 0 Å². The van der Waals surface area contributed by atoms with Gasteiger partial charge in [-0.3, -0.25) is 0 Å². The molecule has 0 aromatic carbocycles. The summed E-state index contributed by atoms with van der Waals surface area (Å²) >= 11 is 0.991. The first-order valence-electron chi connectivity index (χ1n) is 5.80. The van der Waals surface area contributed by atoms with Crippen molar-refractivity contribution in [1.82, 2.24) is 0 Å². The molecule has 0 fully saturated rings. The van der Waals surface area contributed by atoms with Crippen LogP contribution in [0, 0.1) is 0 Å². The minimum atomic E-state index is 0.496. The van der Waals surface area contributed by atoms with Gasteiger partial charge in [0.1, 0.15) is 0 Å². The Bertz CT molecular complexity index is 543. The van der Waals surface area contributed by atoms with E-state index in [1.165, 1.54) is 5.57 Å². The molecule has 0 N–H and O–H groups in total. The summed E-state index contributed by atoms with van der Waals surface area (Å²) in [5.74, 6) is 0. The van der Waals surface area contributed by atoms with E-state index in [4.69, 9.17) is 0 Å². The second-order valence-electron chi connectivity index (χ2n) is 3.88. The summed E-state index contributed by atoms with van der Waals surface area (Å²) in [5.41, 5.74) is 1.42. The van der Waals surface area contributed by atoms with Gasteiger partial charge in [-0.1, -0.05) is 0 Å². The molecule has 0 radical (unpaired) electrons. The first-order valence-corrected chi connectivity index (χ1v) is 9.23. The zero-order chi connectivity index (χ0) is 12.2. The second-order valence-corrected chi connectivity index (χ2v) is 9.61. The fourth-order valence-corrected chi connectivity index (χ4v) is 8.36. The van der Waals surface area contributed by atoms with Gasteiger partial charge in [0.05, 0.1) is 0 Å². The van der Waals surface area contributed by atoms with Crippen molar-refractivity contribution in [1.29, 1.82) is 0 Å². The van der Waals surface area contributed by atoms with Gasteiger partial charge in [0.15, 0.2) is 0 Å². The summed E-state index contributed by atoms with van der Waals surface area (Å²) in [7, 11) is 0. The molecule has 0 atom stereocenters. The zero-order valence-corrected chi connectivity index (χ0v) is 13.2. The molecule has 0 nitrogen and oxygen atoms in total. The van der Waals surface area contributed by atoms with Gasteiger partial charge in [0, 0.05) is 0 Å². The molecule has 0 bridgehead atoms. The number of rotatable bonds is 0. The van der Waals surface area contributed by atoms with Gasteiger partial charge < -0.3 is 0 Å². The summed E-state index contributed by atoms with van der Waals surface area (Å²) in [4.78, 5) is 0. The third kappa shape index (κ3) is 2.68. The van der Waals surface area contributed by atoms with Crippen molar-refractivity contribution in [2.45, 2.75) is 0 Å². The molecule has 88 valence electrons. The predicted octanol–water partition coefficient (Wildman–Crippen LogP) is 3.20. The van der Waals surface area contributed by atoms with Crippen molar-refractivity contribution in [3.05, 3.63) is 90.8 Å². The molecule has 1 heterocycles. The van der Waals surface area contributed by atoms with Gasteiger partial charge in [-0.15, -0.1) is 0 Å². The summed E-state index contributed by atoms with van der Waals surface area (Å²) < 4.78 is 4.74. The van der Waals surface area contributed by atoms with Crippen molar-refractivity contribution in [2.75, 3.05) is 0 Å². The minimum absolute atomic E-state index is 0.496. The fraction of sp³-hybridized carbons (Fsp3) is 0. The average Bonchev–Trinajstić information content (AvgIpc) is 2.61. The van der Waals surface area contributed by atoms with Gasteiger partial charge in [0.2, 0.25) is 0 Å². The Hall–Kier alpha value is -1.04. The van der Waals surface area contributed by atoms with Crippen LogP contribution in [0.3, 0.4) is 0 Å². The number of hydrogen-bond acceptors (Lipinski definition) is 0.